The molecule has 0 radical (unpaired) electrons. The average Bonchev–Trinajstić information content (AvgIpc) is 2.43. The number of carbonyl (C=O) groups excluding carboxylic acids is 1. The second-order valence-electron chi connectivity index (χ2n) is 5.83. The number of carbonyl (C=O) groups is 1. The van der Waals surface area contributed by atoms with Crippen LogP contribution in [0.2, 0.25) is 0 Å². The zero-order valence-corrected chi connectivity index (χ0v) is 12.1. The van der Waals surface area contributed by atoms with E-state index in [0.717, 1.165) is 63.6 Å². The Balaban J connectivity index is 2.00. The number of hydrogen-bond acceptors (Lipinski definition) is 2. The van der Waals surface area contributed by atoms with Crippen molar-refractivity contribution in [2.75, 3.05) is 19.8 Å². The first kappa shape index (κ1) is 14.7. The maximum atomic E-state index is 12.4. The first-order valence-corrected chi connectivity index (χ1v) is 7.80. The second kappa shape index (κ2) is 7.18. The minimum atomic E-state index is -0.223. The van der Waals surface area contributed by atoms with Crippen LogP contribution in [-0.2, 0) is 4.79 Å². The van der Waals surface area contributed by atoms with Gasteiger partial charge in [0, 0.05) is 19.0 Å². The fourth-order valence-corrected chi connectivity index (χ4v) is 3.54. The molecule has 2 aliphatic carbocycles. The summed E-state index contributed by atoms with van der Waals surface area (Å²) in [6.07, 6.45) is 7.74. The number of Topliss-reactive ketones (excluding diaryl/α,β-unsaturated/α-hetero) is 1. The molecule has 2 rings (SSSR count). The molecule has 3 heteroatoms. The Morgan fingerprint density at radius 1 is 1.26 bits per heavy atom. The smallest absolute Gasteiger partial charge is 0.158 e. The largest absolute Gasteiger partial charge is 0.300 e. The van der Waals surface area contributed by atoms with Crippen molar-refractivity contribution in [2.45, 2.75) is 64.3 Å². The highest BCUT2D eigenvalue weighted by Gasteiger charge is 2.29. The predicted octanol–water partition coefficient (Wildman–Crippen LogP) is 3.66. The van der Waals surface area contributed by atoms with Crippen LogP contribution in [0.3, 0.4) is 0 Å². The summed E-state index contributed by atoms with van der Waals surface area (Å²) >= 11 is 0. The van der Waals surface area contributed by atoms with Crippen molar-refractivity contribution in [1.82, 2.24) is 4.90 Å². The summed E-state index contributed by atoms with van der Waals surface area (Å²) in [5.41, 5.74) is 2.55. The summed E-state index contributed by atoms with van der Waals surface area (Å²) < 4.78 is 12.4. The number of nitrogens with zero attached hydrogens (tertiary/aromatic N) is 1. The monoisotopic (exact) mass is 267 g/mol. The maximum absolute atomic E-state index is 12.4. The maximum Gasteiger partial charge on any atom is 0.158 e. The Kier molecular flexibility index (Phi) is 5.56. The topological polar surface area (TPSA) is 20.3 Å². The van der Waals surface area contributed by atoms with E-state index in [-0.39, 0.29) is 6.67 Å². The first-order valence-electron chi connectivity index (χ1n) is 7.80. The van der Waals surface area contributed by atoms with Gasteiger partial charge in [-0.15, -0.1) is 0 Å². The Morgan fingerprint density at radius 2 is 2.11 bits per heavy atom. The van der Waals surface area contributed by atoms with E-state index in [9.17, 15) is 9.18 Å². The molecule has 2 nitrogen and oxygen atoms in total. The normalized spacial score (nSPS) is 23.9. The molecule has 0 aromatic heterocycles. The standard InChI is InChI=1S/C16H26FNO/c1-2-10-18(11-4-9-17)14-7-8-15-13(12-14)5-3-6-16(15)19/h14H,2-12H2,1H3/t14-/m0/s1. The molecule has 0 amide bonds. The number of rotatable bonds is 6. The van der Waals surface area contributed by atoms with Gasteiger partial charge in [-0.05, 0) is 57.1 Å². The number of ketones is 1. The van der Waals surface area contributed by atoms with Gasteiger partial charge in [-0.1, -0.05) is 12.5 Å². The fourth-order valence-electron chi connectivity index (χ4n) is 3.54. The lowest BCUT2D eigenvalue weighted by atomic mass is 9.79. The van der Waals surface area contributed by atoms with Gasteiger partial charge in [0.1, 0.15) is 0 Å². The molecule has 0 saturated carbocycles. The first-order chi connectivity index (χ1) is 9.26. The highest BCUT2D eigenvalue weighted by Crippen LogP contribution is 2.35. The third-order valence-electron chi connectivity index (χ3n) is 4.46. The molecule has 0 bridgehead atoms. The van der Waals surface area contributed by atoms with Gasteiger partial charge in [0.05, 0.1) is 6.67 Å². The summed E-state index contributed by atoms with van der Waals surface area (Å²) in [6, 6.07) is 0.538. The Hall–Kier alpha value is -0.700. The highest BCUT2D eigenvalue weighted by atomic mass is 19.1. The Bertz CT molecular complexity index is 351. The summed E-state index contributed by atoms with van der Waals surface area (Å²) in [7, 11) is 0. The van der Waals surface area contributed by atoms with E-state index >= 15 is 0 Å². The molecule has 108 valence electrons. The van der Waals surface area contributed by atoms with Crippen LogP contribution in [0.15, 0.2) is 11.1 Å². The van der Waals surface area contributed by atoms with E-state index in [2.05, 4.69) is 11.8 Å². The molecule has 0 unspecified atom stereocenters. The van der Waals surface area contributed by atoms with Gasteiger partial charge in [-0.2, -0.15) is 0 Å². The molecule has 0 saturated heterocycles. The van der Waals surface area contributed by atoms with Crippen molar-refractivity contribution in [3.63, 3.8) is 0 Å². The number of hydrogen-bond donors (Lipinski definition) is 0. The molecule has 0 heterocycles. The van der Waals surface area contributed by atoms with Crippen molar-refractivity contribution in [2.24, 2.45) is 0 Å². The van der Waals surface area contributed by atoms with Gasteiger partial charge in [-0.25, -0.2) is 0 Å². The third kappa shape index (κ3) is 3.65. The van der Waals surface area contributed by atoms with Crippen LogP contribution in [0.1, 0.15) is 58.3 Å². The molecule has 2 aliphatic rings. The lowest BCUT2D eigenvalue weighted by Crippen LogP contribution is -2.39. The minimum absolute atomic E-state index is 0.223. The van der Waals surface area contributed by atoms with Gasteiger partial charge in [0.2, 0.25) is 0 Å². The molecule has 19 heavy (non-hydrogen) atoms. The summed E-state index contributed by atoms with van der Waals surface area (Å²) in [5, 5.41) is 0. The van der Waals surface area contributed by atoms with Crippen molar-refractivity contribution >= 4 is 5.78 Å². The van der Waals surface area contributed by atoms with Gasteiger partial charge in [0.15, 0.2) is 5.78 Å². The van der Waals surface area contributed by atoms with Crippen molar-refractivity contribution in [1.29, 1.82) is 0 Å². The van der Waals surface area contributed by atoms with E-state index in [1.807, 2.05) is 0 Å². The van der Waals surface area contributed by atoms with Gasteiger partial charge < -0.3 is 0 Å². The third-order valence-corrected chi connectivity index (χ3v) is 4.46. The predicted molar refractivity (Wildman–Crippen MR) is 76.0 cm³/mol. The molecule has 0 N–H and O–H groups in total. The molecule has 0 aliphatic heterocycles. The number of alkyl halides is 1. The second-order valence-corrected chi connectivity index (χ2v) is 5.83. The summed E-state index contributed by atoms with van der Waals surface area (Å²) in [6.45, 7) is 3.88. The fraction of sp³-hybridized carbons (Fsp3) is 0.812. The SMILES string of the molecule is CCCN(CCCF)[C@H]1CCC2=C(CCCC2=O)C1. The van der Waals surface area contributed by atoms with E-state index in [0.29, 0.717) is 18.2 Å². The molecular formula is C16H26FNO. The lowest BCUT2D eigenvalue weighted by molar-refractivity contribution is -0.116. The number of allylic oxidation sites excluding steroid dienone is 1. The quantitative estimate of drug-likeness (QED) is 0.732. The van der Waals surface area contributed by atoms with Crippen molar-refractivity contribution in [3.8, 4) is 0 Å². The Labute approximate surface area is 116 Å². The van der Waals surface area contributed by atoms with E-state index < -0.39 is 0 Å². The van der Waals surface area contributed by atoms with Gasteiger partial charge >= 0.3 is 0 Å². The summed E-state index contributed by atoms with van der Waals surface area (Å²) in [4.78, 5) is 14.3. The van der Waals surface area contributed by atoms with Crippen LogP contribution < -0.4 is 0 Å². The number of halogens is 1. The molecule has 0 aromatic carbocycles. The van der Waals surface area contributed by atoms with Crippen LogP contribution in [0.5, 0.6) is 0 Å². The van der Waals surface area contributed by atoms with Crippen LogP contribution in [0.4, 0.5) is 4.39 Å². The van der Waals surface area contributed by atoms with Crippen molar-refractivity contribution in [3.05, 3.63) is 11.1 Å². The zero-order chi connectivity index (χ0) is 13.7. The van der Waals surface area contributed by atoms with Crippen LogP contribution in [-0.4, -0.2) is 36.5 Å². The van der Waals surface area contributed by atoms with E-state index in [1.54, 1.807) is 0 Å². The minimum Gasteiger partial charge on any atom is -0.300 e. The average molecular weight is 267 g/mol. The molecule has 0 aromatic rings. The highest BCUT2D eigenvalue weighted by molar-refractivity contribution is 5.97. The lowest BCUT2D eigenvalue weighted by Gasteiger charge is -2.37. The summed E-state index contributed by atoms with van der Waals surface area (Å²) in [5.74, 6) is 0.394. The van der Waals surface area contributed by atoms with Crippen LogP contribution >= 0.6 is 0 Å². The molecule has 1 atom stereocenters. The van der Waals surface area contributed by atoms with E-state index in [1.165, 1.54) is 5.57 Å². The molecule has 0 spiro atoms. The van der Waals surface area contributed by atoms with Crippen LogP contribution in [0, 0.1) is 0 Å². The zero-order valence-electron chi connectivity index (χ0n) is 12.1. The molecule has 0 fully saturated rings. The van der Waals surface area contributed by atoms with Crippen LogP contribution in [0.25, 0.3) is 0 Å². The molecular weight excluding hydrogens is 241 g/mol. The van der Waals surface area contributed by atoms with Crippen molar-refractivity contribution < 1.29 is 9.18 Å². The van der Waals surface area contributed by atoms with Gasteiger partial charge in [-0.3, -0.25) is 14.1 Å². The van der Waals surface area contributed by atoms with Gasteiger partial charge in [0.25, 0.3) is 0 Å². The van der Waals surface area contributed by atoms with E-state index in [4.69, 9.17) is 0 Å². The Morgan fingerprint density at radius 3 is 2.84 bits per heavy atom.